The molecular formula is C17H28N6O. The zero-order valence-electron chi connectivity index (χ0n) is 14.7. The summed E-state index contributed by atoms with van der Waals surface area (Å²) >= 11 is 0. The Morgan fingerprint density at radius 2 is 2.00 bits per heavy atom. The van der Waals surface area contributed by atoms with Crippen LogP contribution in [0.15, 0.2) is 29.4 Å². The summed E-state index contributed by atoms with van der Waals surface area (Å²) in [6.07, 6.45) is 6.00. The predicted molar refractivity (Wildman–Crippen MR) is 96.4 cm³/mol. The van der Waals surface area contributed by atoms with Gasteiger partial charge in [0.25, 0.3) is 0 Å². The number of aliphatic imine (C=N–C) groups is 1. The maximum atomic E-state index is 5.33. The van der Waals surface area contributed by atoms with E-state index in [1.165, 1.54) is 0 Å². The van der Waals surface area contributed by atoms with Gasteiger partial charge >= 0.3 is 0 Å². The maximum Gasteiger partial charge on any atom is 0.190 e. The minimum atomic E-state index is 0.790. The molecule has 2 aromatic rings. The summed E-state index contributed by atoms with van der Waals surface area (Å²) in [6.45, 7) is 5.39. The van der Waals surface area contributed by atoms with E-state index in [0.717, 1.165) is 69.4 Å². The van der Waals surface area contributed by atoms with Crippen molar-refractivity contribution in [3.8, 4) is 0 Å². The number of rotatable bonds is 10. The number of aromatic nitrogens is 3. The lowest BCUT2D eigenvalue weighted by Gasteiger charge is -2.11. The van der Waals surface area contributed by atoms with Crippen molar-refractivity contribution in [1.29, 1.82) is 0 Å². The number of ether oxygens (including phenoxy) is 1. The summed E-state index contributed by atoms with van der Waals surface area (Å²) in [5, 5.41) is 15.1. The van der Waals surface area contributed by atoms with E-state index in [1.807, 2.05) is 35.7 Å². The van der Waals surface area contributed by atoms with Gasteiger partial charge in [-0.15, -0.1) is 10.2 Å². The lowest BCUT2D eigenvalue weighted by molar-refractivity contribution is 0.143. The molecule has 7 heteroatoms. The zero-order chi connectivity index (χ0) is 17.0. The summed E-state index contributed by atoms with van der Waals surface area (Å²) in [7, 11) is 1.79. The molecule has 2 rings (SSSR count). The highest BCUT2D eigenvalue weighted by atomic mass is 16.5. The van der Waals surface area contributed by atoms with Gasteiger partial charge in [0.2, 0.25) is 0 Å². The van der Waals surface area contributed by atoms with E-state index in [0.29, 0.717) is 0 Å². The third kappa shape index (κ3) is 5.81. The quantitative estimate of drug-likeness (QED) is 0.393. The number of hydrogen-bond donors (Lipinski definition) is 2. The van der Waals surface area contributed by atoms with Crippen LogP contribution in [0.2, 0.25) is 0 Å². The minimum Gasteiger partial charge on any atom is -0.382 e. The Morgan fingerprint density at radius 3 is 2.79 bits per heavy atom. The highest BCUT2D eigenvalue weighted by Gasteiger charge is 2.04. The van der Waals surface area contributed by atoms with Crippen molar-refractivity contribution in [1.82, 2.24) is 25.2 Å². The second-order valence-corrected chi connectivity index (χ2v) is 5.48. The molecule has 2 aromatic heterocycles. The monoisotopic (exact) mass is 332 g/mol. The second-order valence-electron chi connectivity index (χ2n) is 5.48. The van der Waals surface area contributed by atoms with Gasteiger partial charge in [-0.2, -0.15) is 0 Å². The van der Waals surface area contributed by atoms with Crippen molar-refractivity contribution in [2.45, 2.75) is 32.6 Å². The van der Waals surface area contributed by atoms with Crippen LogP contribution in [0.4, 0.5) is 0 Å². The zero-order valence-corrected chi connectivity index (χ0v) is 14.7. The topological polar surface area (TPSA) is 75.8 Å². The summed E-state index contributed by atoms with van der Waals surface area (Å²) in [6, 6.07) is 5.93. The third-order valence-electron chi connectivity index (χ3n) is 3.69. The predicted octanol–water partition coefficient (Wildman–Crippen LogP) is 1.64. The van der Waals surface area contributed by atoms with Crippen molar-refractivity contribution in [2.24, 2.45) is 4.99 Å². The van der Waals surface area contributed by atoms with Crippen LogP contribution in [-0.4, -0.2) is 53.9 Å². The van der Waals surface area contributed by atoms with Crippen LogP contribution in [0.5, 0.6) is 0 Å². The van der Waals surface area contributed by atoms with E-state index < -0.39 is 0 Å². The molecule has 2 heterocycles. The Hall–Kier alpha value is -2.15. The first-order valence-corrected chi connectivity index (χ1v) is 8.66. The molecular weight excluding hydrogens is 304 g/mol. The molecule has 0 aliphatic carbocycles. The second kappa shape index (κ2) is 10.6. The highest BCUT2D eigenvalue weighted by molar-refractivity contribution is 5.79. The van der Waals surface area contributed by atoms with Gasteiger partial charge in [-0.1, -0.05) is 6.07 Å². The van der Waals surface area contributed by atoms with Crippen LogP contribution in [0, 0.1) is 0 Å². The van der Waals surface area contributed by atoms with Crippen LogP contribution in [-0.2, 0) is 11.2 Å². The first-order valence-electron chi connectivity index (χ1n) is 8.66. The van der Waals surface area contributed by atoms with Crippen molar-refractivity contribution in [3.05, 3.63) is 30.2 Å². The smallest absolute Gasteiger partial charge is 0.190 e. The SMILES string of the molecule is CCOCCCCNC(=NC)NCCCc1nnc2ccccn12. The van der Waals surface area contributed by atoms with Gasteiger partial charge in [0.1, 0.15) is 5.82 Å². The summed E-state index contributed by atoms with van der Waals surface area (Å²) < 4.78 is 7.36. The molecule has 0 aliphatic rings. The molecule has 0 fully saturated rings. The number of aryl methyl sites for hydroxylation is 1. The lowest BCUT2D eigenvalue weighted by atomic mass is 10.3. The fourth-order valence-electron chi connectivity index (χ4n) is 2.42. The molecule has 0 spiro atoms. The largest absolute Gasteiger partial charge is 0.382 e. The lowest BCUT2D eigenvalue weighted by Crippen LogP contribution is -2.38. The van der Waals surface area contributed by atoms with Crippen LogP contribution in [0.25, 0.3) is 5.65 Å². The molecule has 0 saturated heterocycles. The Morgan fingerprint density at radius 1 is 1.17 bits per heavy atom. The molecule has 7 nitrogen and oxygen atoms in total. The van der Waals surface area contributed by atoms with Gasteiger partial charge in [-0.3, -0.25) is 9.39 Å². The van der Waals surface area contributed by atoms with Crippen LogP contribution in [0.1, 0.15) is 32.0 Å². The molecule has 0 atom stereocenters. The van der Waals surface area contributed by atoms with Gasteiger partial charge in [-0.25, -0.2) is 0 Å². The van der Waals surface area contributed by atoms with E-state index in [-0.39, 0.29) is 0 Å². The van der Waals surface area contributed by atoms with Gasteiger partial charge in [0, 0.05) is 46.0 Å². The van der Waals surface area contributed by atoms with Gasteiger partial charge in [0.05, 0.1) is 0 Å². The average Bonchev–Trinajstić information content (AvgIpc) is 3.03. The summed E-state index contributed by atoms with van der Waals surface area (Å²) in [5.74, 6) is 1.84. The Kier molecular flexibility index (Phi) is 8.03. The standard InChI is InChI=1S/C17H28N6O/c1-3-24-14-7-5-11-19-17(18-2)20-12-8-10-16-22-21-15-9-4-6-13-23(15)16/h4,6,9,13H,3,5,7-8,10-12,14H2,1-2H3,(H2,18,19,20). The number of unbranched alkanes of at least 4 members (excludes halogenated alkanes) is 1. The average molecular weight is 332 g/mol. The first-order chi connectivity index (χ1) is 11.8. The third-order valence-corrected chi connectivity index (χ3v) is 3.69. The molecule has 0 bridgehead atoms. The summed E-state index contributed by atoms with van der Waals surface area (Å²) in [5.41, 5.74) is 0.894. The number of guanidine groups is 1. The molecule has 0 aromatic carbocycles. The van der Waals surface area contributed by atoms with E-state index in [2.05, 4.69) is 25.8 Å². The van der Waals surface area contributed by atoms with Crippen LogP contribution >= 0.6 is 0 Å². The number of pyridine rings is 1. The number of hydrogen-bond acceptors (Lipinski definition) is 4. The molecule has 0 amide bonds. The Balaban J connectivity index is 1.62. The Bertz CT molecular complexity index is 624. The molecule has 24 heavy (non-hydrogen) atoms. The molecule has 0 aliphatic heterocycles. The van der Waals surface area contributed by atoms with Crippen molar-refractivity contribution in [3.63, 3.8) is 0 Å². The van der Waals surface area contributed by atoms with E-state index in [9.17, 15) is 0 Å². The summed E-state index contributed by atoms with van der Waals surface area (Å²) in [4.78, 5) is 4.24. The number of fused-ring (bicyclic) bond motifs is 1. The number of nitrogens with zero attached hydrogens (tertiary/aromatic N) is 4. The maximum absolute atomic E-state index is 5.33. The van der Waals surface area contributed by atoms with Crippen LogP contribution in [0.3, 0.4) is 0 Å². The van der Waals surface area contributed by atoms with E-state index in [4.69, 9.17) is 4.74 Å². The van der Waals surface area contributed by atoms with E-state index >= 15 is 0 Å². The first kappa shape index (κ1) is 18.2. The highest BCUT2D eigenvalue weighted by Crippen LogP contribution is 2.04. The van der Waals surface area contributed by atoms with Gasteiger partial charge in [0.15, 0.2) is 11.6 Å². The van der Waals surface area contributed by atoms with Crippen molar-refractivity contribution in [2.75, 3.05) is 33.4 Å². The molecule has 0 saturated carbocycles. The molecule has 2 N–H and O–H groups in total. The normalized spacial score (nSPS) is 11.8. The van der Waals surface area contributed by atoms with Crippen molar-refractivity contribution < 1.29 is 4.74 Å². The molecule has 132 valence electrons. The van der Waals surface area contributed by atoms with Gasteiger partial charge < -0.3 is 15.4 Å². The minimum absolute atomic E-state index is 0.790. The van der Waals surface area contributed by atoms with E-state index in [1.54, 1.807) is 7.05 Å². The molecule has 0 unspecified atom stereocenters. The number of nitrogens with one attached hydrogen (secondary N) is 2. The Labute approximate surface area is 143 Å². The molecule has 0 radical (unpaired) electrons. The fourth-order valence-corrected chi connectivity index (χ4v) is 2.42. The van der Waals surface area contributed by atoms with Crippen LogP contribution < -0.4 is 10.6 Å². The fraction of sp³-hybridized carbons (Fsp3) is 0.588. The van der Waals surface area contributed by atoms with Gasteiger partial charge in [-0.05, 0) is 38.3 Å². The van der Waals surface area contributed by atoms with Crippen molar-refractivity contribution >= 4 is 11.6 Å².